The first kappa shape index (κ1) is 25.9. The van der Waals surface area contributed by atoms with Crippen LogP contribution in [0, 0.1) is 15.9 Å². The second-order valence-corrected chi connectivity index (χ2v) is 9.18. The Bertz CT molecular complexity index is 1520. The lowest BCUT2D eigenvalue weighted by atomic mass is 10.1. The van der Waals surface area contributed by atoms with Crippen LogP contribution in [0.1, 0.15) is 15.9 Å². The number of nitrogens with one attached hydrogen (secondary N) is 1. The summed E-state index contributed by atoms with van der Waals surface area (Å²) in [5, 5.41) is 12.8. The highest BCUT2D eigenvalue weighted by molar-refractivity contribution is 9.11. The highest BCUT2D eigenvalue weighted by atomic mass is 79.9. The van der Waals surface area contributed by atoms with Gasteiger partial charge in [-0.25, -0.2) is 18.9 Å². The molecule has 0 radical (unpaired) electrons. The number of rotatable bonds is 5. The van der Waals surface area contributed by atoms with Crippen LogP contribution in [-0.2, 0) is 9.59 Å². The quantitative estimate of drug-likeness (QED) is 0.103. The maximum Gasteiger partial charge on any atom is 0.343 e. The number of urea groups is 1. The van der Waals surface area contributed by atoms with Crippen molar-refractivity contribution in [1.29, 1.82) is 0 Å². The molecule has 37 heavy (non-hydrogen) atoms. The lowest BCUT2D eigenvalue weighted by Gasteiger charge is -2.26. The van der Waals surface area contributed by atoms with Crippen molar-refractivity contribution in [3.8, 4) is 5.75 Å². The van der Waals surface area contributed by atoms with E-state index in [0.717, 1.165) is 24.3 Å². The fraction of sp³-hybridized carbons (Fsp3) is 0. The summed E-state index contributed by atoms with van der Waals surface area (Å²) in [5.41, 5.74) is -1.02. The molecule has 0 saturated carbocycles. The van der Waals surface area contributed by atoms with Crippen molar-refractivity contribution in [2.24, 2.45) is 0 Å². The molecule has 4 amide bonds. The number of anilines is 1. The summed E-state index contributed by atoms with van der Waals surface area (Å²) >= 11 is 6.55. The number of hydrogen-bond donors (Lipinski definition) is 1. The van der Waals surface area contributed by atoms with Crippen LogP contribution in [0.2, 0.25) is 0 Å². The van der Waals surface area contributed by atoms with Crippen molar-refractivity contribution in [1.82, 2.24) is 5.32 Å². The summed E-state index contributed by atoms with van der Waals surface area (Å²) in [6, 6.07) is 11.6. The Morgan fingerprint density at radius 1 is 1.05 bits per heavy atom. The SMILES string of the molecule is O=C1NC(=O)N(c2ccccc2F)C(=O)/C1=C\c1cc(Br)cc(Br)c1OC(=O)c1ccc([N+](=O)[O-])cc1. The zero-order valence-corrected chi connectivity index (χ0v) is 21.4. The number of hydrogen-bond acceptors (Lipinski definition) is 7. The number of para-hydroxylation sites is 1. The molecule has 0 aliphatic carbocycles. The summed E-state index contributed by atoms with van der Waals surface area (Å²) in [6.45, 7) is 0. The molecule has 0 spiro atoms. The van der Waals surface area contributed by atoms with Gasteiger partial charge in [-0.05, 0) is 58.4 Å². The number of esters is 1. The van der Waals surface area contributed by atoms with Gasteiger partial charge in [-0.15, -0.1) is 0 Å². The van der Waals surface area contributed by atoms with Crippen molar-refractivity contribution in [2.45, 2.75) is 0 Å². The Morgan fingerprint density at radius 3 is 2.38 bits per heavy atom. The Kier molecular flexibility index (Phi) is 7.27. The first-order chi connectivity index (χ1) is 17.6. The van der Waals surface area contributed by atoms with E-state index in [-0.39, 0.29) is 32.7 Å². The van der Waals surface area contributed by atoms with Crippen LogP contribution in [0.5, 0.6) is 5.75 Å². The van der Waals surface area contributed by atoms with Gasteiger partial charge in [0.2, 0.25) is 0 Å². The normalized spacial score (nSPS) is 14.5. The standard InChI is InChI=1S/C24H12Br2FN3O7/c25-14-9-13(20(17(26)11-14)37-23(33)12-5-7-15(8-6-12)30(35)36)10-16-21(31)28-24(34)29(22(16)32)19-4-2-1-3-18(19)27/h1-11H,(H,28,31,34)/b16-10-. The first-order valence-electron chi connectivity index (χ1n) is 10.2. The van der Waals surface area contributed by atoms with Gasteiger partial charge in [-0.1, -0.05) is 28.1 Å². The fourth-order valence-electron chi connectivity index (χ4n) is 3.33. The van der Waals surface area contributed by atoms with Gasteiger partial charge in [-0.2, -0.15) is 0 Å². The number of ether oxygens (including phenoxy) is 1. The molecule has 1 aliphatic heterocycles. The number of barbiturate groups is 1. The maximum atomic E-state index is 14.3. The lowest BCUT2D eigenvalue weighted by molar-refractivity contribution is -0.384. The average molecular weight is 633 g/mol. The Balaban J connectivity index is 1.73. The molecule has 0 atom stereocenters. The van der Waals surface area contributed by atoms with E-state index in [9.17, 15) is 33.7 Å². The topological polar surface area (TPSA) is 136 Å². The summed E-state index contributed by atoms with van der Waals surface area (Å²) in [7, 11) is 0. The fourth-order valence-corrected chi connectivity index (χ4v) is 4.67. The van der Waals surface area contributed by atoms with E-state index in [2.05, 4.69) is 31.9 Å². The third-order valence-corrected chi connectivity index (χ3v) is 6.09. The van der Waals surface area contributed by atoms with Crippen molar-refractivity contribution < 1.29 is 33.2 Å². The van der Waals surface area contributed by atoms with Crippen molar-refractivity contribution in [3.63, 3.8) is 0 Å². The number of nitrogens with zero attached hydrogens (tertiary/aromatic N) is 2. The largest absolute Gasteiger partial charge is 0.421 e. The van der Waals surface area contributed by atoms with E-state index >= 15 is 0 Å². The zero-order chi connectivity index (χ0) is 26.9. The second-order valence-electron chi connectivity index (χ2n) is 7.41. The van der Waals surface area contributed by atoms with Crippen LogP contribution < -0.4 is 15.0 Å². The lowest BCUT2D eigenvalue weighted by Crippen LogP contribution is -2.54. The molecule has 13 heteroatoms. The smallest absolute Gasteiger partial charge is 0.343 e. The van der Waals surface area contributed by atoms with Gasteiger partial charge in [0.15, 0.2) is 5.75 Å². The van der Waals surface area contributed by atoms with Crippen LogP contribution in [0.4, 0.5) is 20.6 Å². The summed E-state index contributed by atoms with van der Waals surface area (Å²) in [4.78, 5) is 61.5. The minimum atomic E-state index is -1.13. The molecular weight excluding hydrogens is 621 g/mol. The van der Waals surface area contributed by atoms with Gasteiger partial charge in [0.1, 0.15) is 11.4 Å². The third kappa shape index (κ3) is 5.32. The van der Waals surface area contributed by atoms with E-state index in [4.69, 9.17) is 4.74 Å². The highest BCUT2D eigenvalue weighted by Crippen LogP contribution is 2.36. The van der Waals surface area contributed by atoms with Gasteiger partial charge in [0.05, 0.1) is 20.6 Å². The number of imide groups is 2. The van der Waals surface area contributed by atoms with Crippen LogP contribution in [0.3, 0.4) is 0 Å². The number of carbonyl (C=O) groups excluding carboxylic acids is 4. The van der Waals surface area contributed by atoms with Gasteiger partial charge in [0, 0.05) is 22.2 Å². The van der Waals surface area contributed by atoms with E-state index in [1.165, 1.54) is 36.4 Å². The monoisotopic (exact) mass is 631 g/mol. The van der Waals surface area contributed by atoms with Gasteiger partial charge >= 0.3 is 12.0 Å². The Labute approximate surface area is 224 Å². The predicted molar refractivity (Wildman–Crippen MR) is 135 cm³/mol. The van der Waals surface area contributed by atoms with Crippen molar-refractivity contribution >= 4 is 73.1 Å². The second kappa shape index (κ2) is 10.4. The van der Waals surface area contributed by atoms with E-state index in [0.29, 0.717) is 9.37 Å². The Hall–Kier alpha value is -4.23. The number of nitro groups is 1. The highest BCUT2D eigenvalue weighted by Gasteiger charge is 2.38. The summed E-state index contributed by atoms with van der Waals surface area (Å²) in [6.07, 6.45) is 1.09. The van der Waals surface area contributed by atoms with Crippen LogP contribution in [0.15, 0.2) is 75.2 Å². The van der Waals surface area contributed by atoms with Crippen LogP contribution >= 0.6 is 31.9 Å². The number of carbonyl (C=O) groups is 4. The number of nitro benzene ring substituents is 1. The molecule has 1 aliphatic rings. The minimum absolute atomic E-state index is 0.00170. The van der Waals surface area contributed by atoms with E-state index < -0.39 is 40.1 Å². The van der Waals surface area contributed by atoms with Gasteiger partial charge in [0.25, 0.3) is 17.5 Å². The van der Waals surface area contributed by atoms with Crippen molar-refractivity contribution in [2.75, 3.05) is 4.90 Å². The molecule has 186 valence electrons. The minimum Gasteiger partial charge on any atom is -0.421 e. The number of benzene rings is 3. The Morgan fingerprint density at radius 2 is 1.73 bits per heavy atom. The molecule has 4 rings (SSSR count). The zero-order valence-electron chi connectivity index (χ0n) is 18.2. The molecule has 10 nitrogen and oxygen atoms in total. The third-order valence-electron chi connectivity index (χ3n) is 5.04. The first-order valence-corrected chi connectivity index (χ1v) is 11.8. The maximum absolute atomic E-state index is 14.3. The van der Waals surface area contributed by atoms with Crippen LogP contribution in [-0.4, -0.2) is 28.7 Å². The van der Waals surface area contributed by atoms with E-state index in [1.807, 2.05) is 5.32 Å². The molecule has 3 aromatic carbocycles. The average Bonchev–Trinajstić information content (AvgIpc) is 2.84. The molecule has 0 unspecified atom stereocenters. The summed E-state index contributed by atoms with van der Waals surface area (Å²) < 4.78 is 20.5. The molecule has 1 fully saturated rings. The molecule has 0 aromatic heterocycles. The molecule has 1 heterocycles. The van der Waals surface area contributed by atoms with Gasteiger partial charge in [-0.3, -0.25) is 25.0 Å². The molecular formula is C24H12Br2FN3O7. The summed E-state index contributed by atoms with van der Waals surface area (Å²) in [5.74, 6) is -3.95. The van der Waals surface area contributed by atoms with Gasteiger partial charge < -0.3 is 4.74 Å². The molecule has 0 bridgehead atoms. The number of non-ortho nitro benzene ring substituents is 1. The van der Waals surface area contributed by atoms with E-state index in [1.54, 1.807) is 6.07 Å². The number of halogens is 3. The molecule has 3 aromatic rings. The predicted octanol–water partition coefficient (Wildman–Crippen LogP) is 5.14. The van der Waals surface area contributed by atoms with Crippen LogP contribution in [0.25, 0.3) is 6.08 Å². The molecule has 1 saturated heterocycles. The van der Waals surface area contributed by atoms with Crippen molar-refractivity contribution in [3.05, 3.63) is 102 Å². The molecule has 1 N–H and O–H groups in total. The number of amides is 4.